The van der Waals surface area contributed by atoms with E-state index in [4.69, 9.17) is 5.11 Å². The van der Waals surface area contributed by atoms with E-state index in [2.05, 4.69) is 5.32 Å². The summed E-state index contributed by atoms with van der Waals surface area (Å²) in [5.41, 5.74) is 0.475. The first-order chi connectivity index (χ1) is 10.5. The van der Waals surface area contributed by atoms with Crippen molar-refractivity contribution < 1.29 is 19.1 Å². The lowest BCUT2D eigenvalue weighted by molar-refractivity contribution is -0.145. The lowest BCUT2D eigenvalue weighted by atomic mass is 9.80. The van der Waals surface area contributed by atoms with Crippen LogP contribution in [0.4, 0.5) is 9.18 Å². The number of hydrogen-bond donors (Lipinski definition) is 2. The summed E-state index contributed by atoms with van der Waals surface area (Å²) in [7, 11) is 0. The third kappa shape index (κ3) is 3.96. The number of halogens is 1. The van der Waals surface area contributed by atoms with E-state index in [0.29, 0.717) is 24.9 Å². The Hall–Kier alpha value is -2.11. The van der Waals surface area contributed by atoms with Crippen LogP contribution in [0, 0.1) is 11.7 Å². The maximum Gasteiger partial charge on any atom is 0.317 e. The molecule has 1 aliphatic rings. The van der Waals surface area contributed by atoms with Crippen LogP contribution in [0.1, 0.15) is 31.7 Å². The summed E-state index contributed by atoms with van der Waals surface area (Å²) in [5.74, 6) is -1.51. The molecule has 5 nitrogen and oxygen atoms in total. The Morgan fingerprint density at radius 3 is 2.64 bits per heavy atom. The highest BCUT2D eigenvalue weighted by atomic mass is 19.1. The monoisotopic (exact) mass is 308 g/mol. The van der Waals surface area contributed by atoms with Crippen molar-refractivity contribution >= 4 is 12.0 Å². The molecule has 1 aliphatic carbocycles. The largest absolute Gasteiger partial charge is 0.481 e. The summed E-state index contributed by atoms with van der Waals surface area (Å²) in [6.45, 7) is 2.68. The molecule has 2 amide bonds. The summed E-state index contributed by atoms with van der Waals surface area (Å²) in [6.07, 6.45) is 1.69. The summed E-state index contributed by atoms with van der Waals surface area (Å²) < 4.78 is 13.7. The first kappa shape index (κ1) is 16.3. The number of nitrogens with zero attached hydrogens (tertiary/aromatic N) is 1. The fourth-order valence-electron chi connectivity index (χ4n) is 2.56. The van der Waals surface area contributed by atoms with E-state index in [0.717, 1.165) is 6.42 Å². The molecule has 1 saturated carbocycles. The Morgan fingerprint density at radius 1 is 1.36 bits per heavy atom. The second-order valence-electron chi connectivity index (χ2n) is 5.67. The molecule has 0 atom stereocenters. The van der Waals surface area contributed by atoms with Gasteiger partial charge in [0.15, 0.2) is 0 Å². The van der Waals surface area contributed by atoms with Gasteiger partial charge in [0, 0.05) is 18.2 Å². The third-order valence-electron chi connectivity index (χ3n) is 3.91. The van der Waals surface area contributed by atoms with Gasteiger partial charge in [0.1, 0.15) is 5.82 Å². The molecular formula is C16H21FN2O3. The predicted octanol–water partition coefficient (Wildman–Crippen LogP) is 2.61. The molecule has 6 heteroatoms. The highest BCUT2D eigenvalue weighted by molar-refractivity contribution is 5.76. The number of hydrogen-bond acceptors (Lipinski definition) is 2. The Balaban J connectivity index is 1.92. The van der Waals surface area contributed by atoms with Gasteiger partial charge in [0.25, 0.3) is 0 Å². The van der Waals surface area contributed by atoms with Gasteiger partial charge >= 0.3 is 12.0 Å². The number of carboxylic acids is 1. The Labute approximate surface area is 129 Å². The molecule has 2 rings (SSSR count). The van der Waals surface area contributed by atoms with Gasteiger partial charge in [-0.2, -0.15) is 0 Å². The highest BCUT2D eigenvalue weighted by Crippen LogP contribution is 2.27. The molecule has 0 radical (unpaired) electrons. The van der Waals surface area contributed by atoms with Crippen LogP contribution >= 0.6 is 0 Å². The standard InChI is InChI=1S/C16H21FN2O3/c1-2-7-19(10-11-5-3-4-6-14(11)17)16(22)18-13-8-12(9-13)15(20)21/h3-6,12-13H,2,7-10H2,1H3,(H,18,22)(H,20,21). The van der Waals surface area contributed by atoms with Crippen LogP contribution in [0.3, 0.4) is 0 Å². The number of carboxylic acid groups (broad SMARTS) is 1. The maximum absolute atomic E-state index is 13.7. The lowest BCUT2D eigenvalue weighted by Crippen LogP contribution is -2.51. The van der Waals surface area contributed by atoms with Crippen LogP contribution in [0.2, 0.25) is 0 Å². The molecule has 1 aromatic rings. The number of carbonyl (C=O) groups is 2. The molecule has 0 aliphatic heterocycles. The Bertz CT molecular complexity index is 544. The van der Waals surface area contributed by atoms with Crippen LogP contribution in [-0.2, 0) is 11.3 Å². The average molecular weight is 308 g/mol. The van der Waals surface area contributed by atoms with Crippen molar-refractivity contribution in [1.29, 1.82) is 0 Å². The molecule has 2 N–H and O–H groups in total. The molecule has 1 fully saturated rings. The van der Waals surface area contributed by atoms with Crippen molar-refractivity contribution in [3.63, 3.8) is 0 Å². The first-order valence-electron chi connectivity index (χ1n) is 7.53. The van der Waals surface area contributed by atoms with E-state index in [1.807, 2.05) is 6.92 Å². The minimum absolute atomic E-state index is 0.103. The van der Waals surface area contributed by atoms with Crippen molar-refractivity contribution in [2.75, 3.05) is 6.54 Å². The number of urea groups is 1. The van der Waals surface area contributed by atoms with Crippen molar-refractivity contribution in [3.8, 4) is 0 Å². The number of benzene rings is 1. The average Bonchev–Trinajstić information content (AvgIpc) is 2.43. The molecule has 0 heterocycles. The lowest BCUT2D eigenvalue weighted by Gasteiger charge is -2.35. The summed E-state index contributed by atoms with van der Waals surface area (Å²) >= 11 is 0. The normalized spacial score (nSPS) is 20.1. The first-order valence-corrected chi connectivity index (χ1v) is 7.53. The van der Waals surface area contributed by atoms with Gasteiger partial charge in [0.05, 0.1) is 12.5 Å². The van der Waals surface area contributed by atoms with Gasteiger partial charge in [-0.3, -0.25) is 4.79 Å². The Kier molecular flexibility index (Phi) is 5.35. The van der Waals surface area contributed by atoms with Crippen LogP contribution in [0.25, 0.3) is 0 Å². The molecule has 0 aromatic heterocycles. The summed E-state index contributed by atoms with van der Waals surface area (Å²) in [4.78, 5) is 24.6. The number of rotatable bonds is 6. The summed E-state index contributed by atoms with van der Waals surface area (Å²) in [6, 6.07) is 6.02. The number of amides is 2. The maximum atomic E-state index is 13.7. The van der Waals surface area contributed by atoms with Crippen molar-refractivity contribution in [1.82, 2.24) is 10.2 Å². The fraction of sp³-hybridized carbons (Fsp3) is 0.500. The van der Waals surface area contributed by atoms with E-state index in [9.17, 15) is 14.0 Å². The summed E-state index contributed by atoms with van der Waals surface area (Å²) in [5, 5.41) is 11.7. The number of aliphatic carboxylic acids is 1. The molecule has 120 valence electrons. The minimum atomic E-state index is -0.817. The SMILES string of the molecule is CCCN(Cc1ccccc1F)C(=O)NC1CC(C(=O)O)C1. The van der Waals surface area contributed by atoms with E-state index in [-0.39, 0.29) is 30.4 Å². The molecule has 0 bridgehead atoms. The molecular weight excluding hydrogens is 287 g/mol. The van der Waals surface area contributed by atoms with E-state index >= 15 is 0 Å². The van der Waals surface area contributed by atoms with Crippen LogP contribution in [-0.4, -0.2) is 34.6 Å². The van der Waals surface area contributed by atoms with E-state index in [1.54, 1.807) is 23.1 Å². The second kappa shape index (κ2) is 7.24. The van der Waals surface area contributed by atoms with Gasteiger partial charge in [-0.25, -0.2) is 9.18 Å². The zero-order valence-electron chi connectivity index (χ0n) is 12.6. The zero-order chi connectivity index (χ0) is 16.1. The highest BCUT2D eigenvalue weighted by Gasteiger charge is 2.35. The Morgan fingerprint density at radius 2 is 2.05 bits per heavy atom. The van der Waals surface area contributed by atoms with Gasteiger partial charge in [0.2, 0.25) is 0 Å². The van der Waals surface area contributed by atoms with Crippen molar-refractivity contribution in [2.24, 2.45) is 5.92 Å². The molecule has 0 unspecified atom stereocenters. The smallest absolute Gasteiger partial charge is 0.317 e. The van der Waals surface area contributed by atoms with E-state index in [1.165, 1.54) is 6.07 Å². The van der Waals surface area contributed by atoms with Crippen molar-refractivity contribution in [3.05, 3.63) is 35.6 Å². The zero-order valence-corrected chi connectivity index (χ0v) is 12.6. The van der Waals surface area contributed by atoms with Crippen LogP contribution in [0.15, 0.2) is 24.3 Å². The molecule has 1 aromatic carbocycles. The quantitative estimate of drug-likeness (QED) is 0.848. The molecule has 22 heavy (non-hydrogen) atoms. The van der Waals surface area contributed by atoms with Crippen LogP contribution < -0.4 is 5.32 Å². The van der Waals surface area contributed by atoms with Gasteiger partial charge in [-0.05, 0) is 25.3 Å². The molecule has 0 spiro atoms. The number of carbonyl (C=O) groups excluding carboxylic acids is 1. The molecule has 0 saturated heterocycles. The van der Waals surface area contributed by atoms with Gasteiger partial charge in [-0.15, -0.1) is 0 Å². The minimum Gasteiger partial charge on any atom is -0.481 e. The fourth-order valence-corrected chi connectivity index (χ4v) is 2.56. The topological polar surface area (TPSA) is 69.6 Å². The van der Waals surface area contributed by atoms with Crippen LogP contribution in [0.5, 0.6) is 0 Å². The van der Waals surface area contributed by atoms with Gasteiger partial charge in [-0.1, -0.05) is 25.1 Å². The third-order valence-corrected chi connectivity index (χ3v) is 3.91. The second-order valence-corrected chi connectivity index (χ2v) is 5.67. The predicted molar refractivity (Wildman–Crippen MR) is 79.8 cm³/mol. The number of nitrogens with one attached hydrogen (secondary N) is 1. The van der Waals surface area contributed by atoms with E-state index < -0.39 is 5.97 Å². The van der Waals surface area contributed by atoms with Crippen molar-refractivity contribution in [2.45, 2.75) is 38.8 Å². The van der Waals surface area contributed by atoms with Gasteiger partial charge < -0.3 is 15.3 Å².